The van der Waals surface area contributed by atoms with E-state index in [1.807, 2.05) is 36.5 Å². The smallest absolute Gasteiger partial charge is 0.306 e. The highest BCUT2D eigenvalue weighted by atomic mass is 16.6. The Balaban J connectivity index is 3.67. The number of aliphatic hydroxyl groups excluding tert-OH is 2. The quantitative estimate of drug-likeness (QED) is 0.0324. The summed E-state index contributed by atoms with van der Waals surface area (Å²) in [7, 11) is 0. The lowest BCUT2D eigenvalue weighted by atomic mass is 10.0. The molecule has 6 heteroatoms. The third-order valence-electron chi connectivity index (χ3n) is 7.55. The lowest BCUT2D eigenvalue weighted by molar-refractivity contribution is -0.152. The number of unbranched alkanes of at least 4 members (excludes halogenated alkanes) is 12. The van der Waals surface area contributed by atoms with Crippen LogP contribution in [-0.2, 0) is 19.1 Å². The van der Waals surface area contributed by atoms with Crippen LogP contribution in [0.25, 0.3) is 0 Å². The third-order valence-corrected chi connectivity index (χ3v) is 7.55. The number of carbonyl (C=O) groups excluding carboxylic acids is 2. The number of ether oxygens (including phenoxy) is 2. The van der Waals surface area contributed by atoms with Gasteiger partial charge in [0.05, 0.1) is 6.10 Å². The minimum Gasteiger partial charge on any atom is -0.463 e. The van der Waals surface area contributed by atoms with E-state index in [-0.39, 0.29) is 31.6 Å². The molecule has 0 aromatic heterocycles. The van der Waals surface area contributed by atoms with Crippen molar-refractivity contribution in [1.29, 1.82) is 0 Å². The molecule has 0 rings (SSSR count). The Kier molecular flexibility index (Phi) is 34.1. The van der Waals surface area contributed by atoms with Crippen LogP contribution in [0, 0.1) is 0 Å². The van der Waals surface area contributed by atoms with Crippen molar-refractivity contribution < 1.29 is 29.3 Å². The summed E-state index contributed by atoms with van der Waals surface area (Å²) in [5, 5.41) is 19.9. The maximum absolute atomic E-state index is 11.9. The molecule has 0 radical (unpaired) electrons. The van der Waals surface area contributed by atoms with Gasteiger partial charge in [-0.2, -0.15) is 0 Å². The molecular weight excluding hydrogens is 588 g/mol. The Morgan fingerprint density at radius 1 is 0.553 bits per heavy atom. The molecule has 0 aromatic rings. The summed E-state index contributed by atoms with van der Waals surface area (Å²) >= 11 is 0. The van der Waals surface area contributed by atoms with Gasteiger partial charge in [-0.25, -0.2) is 0 Å². The molecule has 0 bridgehead atoms. The summed E-state index contributed by atoms with van der Waals surface area (Å²) in [5.74, 6) is -0.693. The lowest BCUT2D eigenvalue weighted by Crippen LogP contribution is -2.25. The zero-order valence-corrected chi connectivity index (χ0v) is 29.9. The van der Waals surface area contributed by atoms with Crippen molar-refractivity contribution >= 4 is 11.9 Å². The van der Waals surface area contributed by atoms with Crippen LogP contribution < -0.4 is 0 Å². The molecule has 0 spiro atoms. The van der Waals surface area contributed by atoms with Crippen LogP contribution in [0.15, 0.2) is 72.9 Å². The van der Waals surface area contributed by atoms with Crippen LogP contribution >= 0.6 is 0 Å². The Bertz CT molecular complexity index is 898. The fraction of sp³-hybridized carbons (Fsp3) is 0.659. The van der Waals surface area contributed by atoms with E-state index >= 15 is 0 Å². The second-order valence-corrected chi connectivity index (χ2v) is 12.2. The standard InChI is InChI=1S/C41H68O6/c1-3-5-7-9-11-12-13-14-15-19-22-26-30-34-40(44)46-36-39(43)37-47-41(45)35-31-27-23-20-17-16-18-21-25-29-33-38(42)32-28-24-10-8-6-4-2/h6,8,16-17,21,23-25,27-29,33,38-39,42-43H,3-5,7,9-15,18-20,22,26,30-32,34-37H2,1-2H3/b8-6-,17-16-,25-21-,27-23-,28-24-,33-29+/t38?,39-/m1/s1. The first-order valence-corrected chi connectivity index (χ1v) is 18.6. The van der Waals surface area contributed by atoms with Gasteiger partial charge >= 0.3 is 11.9 Å². The molecule has 0 aliphatic heterocycles. The predicted molar refractivity (Wildman–Crippen MR) is 197 cm³/mol. The van der Waals surface area contributed by atoms with E-state index in [1.165, 1.54) is 64.2 Å². The van der Waals surface area contributed by atoms with Gasteiger partial charge in [-0.1, -0.05) is 164 Å². The largest absolute Gasteiger partial charge is 0.463 e. The van der Waals surface area contributed by atoms with Crippen LogP contribution in [0.5, 0.6) is 0 Å². The maximum atomic E-state index is 11.9. The zero-order valence-electron chi connectivity index (χ0n) is 29.9. The van der Waals surface area contributed by atoms with Gasteiger partial charge in [0.2, 0.25) is 0 Å². The number of hydrogen-bond acceptors (Lipinski definition) is 6. The van der Waals surface area contributed by atoms with Gasteiger partial charge < -0.3 is 19.7 Å². The summed E-state index contributed by atoms with van der Waals surface area (Å²) in [6.45, 7) is 4.04. The number of hydrogen-bond donors (Lipinski definition) is 2. The molecule has 0 aromatic carbocycles. The molecule has 1 unspecified atom stereocenters. The van der Waals surface area contributed by atoms with E-state index < -0.39 is 12.2 Å². The average Bonchev–Trinajstić information content (AvgIpc) is 3.06. The van der Waals surface area contributed by atoms with Gasteiger partial charge in [-0.05, 0) is 44.9 Å². The normalized spacial score (nSPS) is 13.7. The molecule has 6 nitrogen and oxygen atoms in total. The number of esters is 2. The van der Waals surface area contributed by atoms with Crippen LogP contribution in [0.2, 0.25) is 0 Å². The molecule has 0 aliphatic carbocycles. The molecular formula is C41H68O6. The van der Waals surface area contributed by atoms with Gasteiger partial charge in [0, 0.05) is 12.8 Å². The zero-order chi connectivity index (χ0) is 34.5. The van der Waals surface area contributed by atoms with Crippen LogP contribution in [0.3, 0.4) is 0 Å². The Morgan fingerprint density at radius 2 is 1.04 bits per heavy atom. The monoisotopic (exact) mass is 657 g/mol. The second kappa shape index (κ2) is 36.1. The molecule has 2 N–H and O–H groups in total. The van der Waals surface area contributed by atoms with Crippen molar-refractivity contribution in [3.63, 3.8) is 0 Å². The SMILES string of the molecule is CC/C=C\C/C=C\CC(O)/C=C/C=C\C/C=C\C/C=C\CCC(=O)OC[C@H](O)COC(=O)CCCCCCCCCCCCCCC. The molecule has 0 amide bonds. The van der Waals surface area contributed by atoms with Gasteiger partial charge in [-0.15, -0.1) is 0 Å². The van der Waals surface area contributed by atoms with Crippen molar-refractivity contribution in [3.8, 4) is 0 Å². The van der Waals surface area contributed by atoms with Crippen molar-refractivity contribution in [1.82, 2.24) is 0 Å². The summed E-state index contributed by atoms with van der Waals surface area (Å²) in [5.41, 5.74) is 0. The number of rotatable bonds is 32. The fourth-order valence-corrected chi connectivity index (χ4v) is 4.72. The molecule has 0 saturated carbocycles. The van der Waals surface area contributed by atoms with Gasteiger partial charge in [-0.3, -0.25) is 9.59 Å². The average molecular weight is 657 g/mol. The Morgan fingerprint density at radius 3 is 1.64 bits per heavy atom. The topological polar surface area (TPSA) is 93.1 Å². The molecule has 0 heterocycles. The van der Waals surface area contributed by atoms with E-state index in [0.717, 1.165) is 44.9 Å². The van der Waals surface area contributed by atoms with Crippen molar-refractivity contribution in [2.75, 3.05) is 13.2 Å². The fourth-order valence-electron chi connectivity index (χ4n) is 4.72. The highest BCUT2D eigenvalue weighted by molar-refractivity contribution is 5.70. The lowest BCUT2D eigenvalue weighted by Gasteiger charge is -2.12. The molecule has 2 atom stereocenters. The maximum Gasteiger partial charge on any atom is 0.306 e. The number of carbonyl (C=O) groups is 2. The minimum absolute atomic E-state index is 0.154. The highest BCUT2D eigenvalue weighted by Crippen LogP contribution is 2.13. The van der Waals surface area contributed by atoms with Crippen LogP contribution in [-0.4, -0.2) is 47.6 Å². The van der Waals surface area contributed by atoms with E-state index in [9.17, 15) is 19.8 Å². The van der Waals surface area contributed by atoms with E-state index in [2.05, 4.69) is 44.2 Å². The molecule has 0 fully saturated rings. The molecule has 0 saturated heterocycles. The third kappa shape index (κ3) is 36.0. The molecule has 47 heavy (non-hydrogen) atoms. The van der Waals surface area contributed by atoms with Gasteiger partial charge in [0.1, 0.15) is 19.3 Å². The summed E-state index contributed by atoms with van der Waals surface area (Å²) < 4.78 is 10.2. The Hall–Kier alpha value is -2.70. The minimum atomic E-state index is -1.01. The van der Waals surface area contributed by atoms with Gasteiger partial charge in [0.15, 0.2) is 0 Å². The van der Waals surface area contributed by atoms with E-state index in [4.69, 9.17) is 9.47 Å². The first-order valence-electron chi connectivity index (χ1n) is 18.6. The second-order valence-electron chi connectivity index (χ2n) is 12.2. The molecule has 268 valence electrons. The first kappa shape index (κ1) is 44.3. The summed E-state index contributed by atoms with van der Waals surface area (Å²) in [4.78, 5) is 23.8. The number of allylic oxidation sites excluding steroid dienone is 10. The Labute approximate surface area is 287 Å². The van der Waals surface area contributed by atoms with E-state index in [0.29, 0.717) is 19.3 Å². The number of aliphatic hydroxyl groups is 2. The summed E-state index contributed by atoms with van der Waals surface area (Å²) in [6, 6.07) is 0. The van der Waals surface area contributed by atoms with E-state index in [1.54, 1.807) is 6.08 Å². The first-order chi connectivity index (χ1) is 23.0. The van der Waals surface area contributed by atoms with Crippen molar-refractivity contribution in [2.24, 2.45) is 0 Å². The van der Waals surface area contributed by atoms with Gasteiger partial charge in [0.25, 0.3) is 0 Å². The predicted octanol–water partition coefficient (Wildman–Crippen LogP) is 10.4. The van der Waals surface area contributed by atoms with Crippen molar-refractivity contribution in [2.45, 2.75) is 161 Å². The van der Waals surface area contributed by atoms with Crippen LogP contribution in [0.1, 0.15) is 149 Å². The highest BCUT2D eigenvalue weighted by Gasteiger charge is 2.11. The van der Waals surface area contributed by atoms with Crippen LogP contribution in [0.4, 0.5) is 0 Å². The summed E-state index contributed by atoms with van der Waals surface area (Å²) in [6.07, 6.45) is 44.2. The van der Waals surface area contributed by atoms with Crippen molar-refractivity contribution in [3.05, 3.63) is 72.9 Å². The molecule has 0 aliphatic rings.